The Balaban J connectivity index is 1.69. The zero-order valence-electron chi connectivity index (χ0n) is 15.9. The second kappa shape index (κ2) is 7.97. The molecule has 1 aromatic heterocycles. The van der Waals surface area contributed by atoms with Crippen molar-refractivity contribution in [1.29, 1.82) is 0 Å². The highest BCUT2D eigenvalue weighted by Crippen LogP contribution is 2.33. The van der Waals surface area contributed by atoms with Crippen LogP contribution in [-0.4, -0.2) is 27.1 Å². The fourth-order valence-corrected chi connectivity index (χ4v) is 5.60. The Morgan fingerprint density at radius 2 is 1.87 bits per heavy atom. The van der Waals surface area contributed by atoms with Crippen LogP contribution in [0, 0.1) is 0 Å². The van der Waals surface area contributed by atoms with E-state index in [-0.39, 0.29) is 27.8 Å². The van der Waals surface area contributed by atoms with Crippen molar-refractivity contribution in [2.75, 3.05) is 4.90 Å². The third-order valence-corrected chi connectivity index (χ3v) is 7.62. The summed E-state index contributed by atoms with van der Waals surface area (Å²) in [6.07, 6.45) is -0.0570. The molecule has 2 aromatic carbocycles. The van der Waals surface area contributed by atoms with Crippen LogP contribution in [0.25, 0.3) is 0 Å². The number of hydrogen-bond acceptors (Lipinski definition) is 5. The first kappa shape index (κ1) is 20.2. The van der Waals surface area contributed by atoms with Crippen molar-refractivity contribution in [2.24, 2.45) is 0 Å². The number of benzene rings is 2. The van der Waals surface area contributed by atoms with E-state index in [1.807, 2.05) is 37.3 Å². The molecular formula is C22H17NO5S2. The minimum atomic E-state index is -1.41. The monoisotopic (exact) mass is 439 g/mol. The molecule has 1 N–H and O–H groups in total. The summed E-state index contributed by atoms with van der Waals surface area (Å²) in [5.41, 5.74) is 1.68. The highest BCUT2D eigenvalue weighted by Gasteiger charge is 2.37. The summed E-state index contributed by atoms with van der Waals surface area (Å²) >= 11 is 0.938. The summed E-state index contributed by atoms with van der Waals surface area (Å²) in [7, 11) is -1.41. The zero-order chi connectivity index (χ0) is 21.4. The lowest BCUT2D eigenvalue weighted by Crippen LogP contribution is -2.42. The van der Waals surface area contributed by atoms with Crippen LogP contribution in [0.15, 0.2) is 64.9 Å². The summed E-state index contributed by atoms with van der Waals surface area (Å²) in [6.45, 7) is 1.85. The van der Waals surface area contributed by atoms with Gasteiger partial charge in [-0.25, -0.2) is 9.69 Å². The highest BCUT2D eigenvalue weighted by molar-refractivity contribution is 7.85. The molecule has 3 aromatic rings. The van der Waals surface area contributed by atoms with Gasteiger partial charge in [-0.2, -0.15) is 0 Å². The van der Waals surface area contributed by atoms with Gasteiger partial charge >= 0.3 is 5.97 Å². The molecule has 0 bridgehead atoms. The zero-order valence-corrected chi connectivity index (χ0v) is 17.5. The number of aromatic carboxylic acids is 1. The average molecular weight is 440 g/mol. The Kier molecular flexibility index (Phi) is 5.36. The van der Waals surface area contributed by atoms with Gasteiger partial charge in [0.1, 0.15) is 4.88 Å². The number of carboxylic acid groups (broad SMARTS) is 1. The predicted octanol–water partition coefficient (Wildman–Crippen LogP) is 4.04. The number of rotatable bonds is 5. The highest BCUT2D eigenvalue weighted by atomic mass is 32.2. The molecule has 2 heterocycles. The van der Waals surface area contributed by atoms with E-state index in [9.17, 15) is 23.7 Å². The second-order valence-corrected chi connectivity index (χ2v) is 9.48. The fraction of sp³-hybridized carbons (Fsp3) is 0.136. The quantitative estimate of drug-likeness (QED) is 0.606. The molecule has 0 saturated heterocycles. The molecule has 1 aliphatic rings. The van der Waals surface area contributed by atoms with Gasteiger partial charge in [0.05, 0.1) is 33.7 Å². The SMILES string of the molecule is CC(c1ccccc1)S(=O)c1cccc(N2C(=O)Cc3csc(C(=O)O)c3C2=O)c1. The van der Waals surface area contributed by atoms with Crippen LogP contribution in [0.3, 0.4) is 0 Å². The van der Waals surface area contributed by atoms with Gasteiger partial charge in [0.25, 0.3) is 5.91 Å². The topological polar surface area (TPSA) is 91.8 Å². The minimum Gasteiger partial charge on any atom is -0.477 e. The number of carbonyl (C=O) groups excluding carboxylic acids is 2. The number of nitrogens with zero attached hydrogens (tertiary/aromatic N) is 1. The lowest BCUT2D eigenvalue weighted by Gasteiger charge is -2.26. The van der Waals surface area contributed by atoms with Crippen molar-refractivity contribution in [1.82, 2.24) is 0 Å². The molecule has 0 radical (unpaired) electrons. The Labute approximate surface area is 179 Å². The van der Waals surface area contributed by atoms with E-state index in [2.05, 4.69) is 0 Å². The number of fused-ring (bicyclic) bond motifs is 1. The number of thiophene rings is 1. The van der Waals surface area contributed by atoms with E-state index in [1.165, 1.54) is 0 Å². The van der Waals surface area contributed by atoms with E-state index in [0.29, 0.717) is 10.5 Å². The Morgan fingerprint density at radius 1 is 1.13 bits per heavy atom. The molecule has 0 spiro atoms. The lowest BCUT2D eigenvalue weighted by molar-refractivity contribution is -0.117. The van der Waals surface area contributed by atoms with Crippen molar-refractivity contribution in [3.05, 3.63) is 81.5 Å². The van der Waals surface area contributed by atoms with Gasteiger partial charge in [-0.05, 0) is 41.6 Å². The molecule has 0 fully saturated rings. The average Bonchev–Trinajstić information content (AvgIpc) is 3.18. The van der Waals surface area contributed by atoms with Gasteiger partial charge in [0, 0.05) is 4.90 Å². The number of carbonyl (C=O) groups is 3. The van der Waals surface area contributed by atoms with Crippen LogP contribution in [-0.2, 0) is 22.0 Å². The Bertz CT molecular complexity index is 1190. The van der Waals surface area contributed by atoms with Crippen LogP contribution in [0.4, 0.5) is 5.69 Å². The predicted molar refractivity (Wildman–Crippen MR) is 115 cm³/mol. The fourth-order valence-electron chi connectivity index (χ4n) is 3.44. The Hall–Kier alpha value is -3.10. The van der Waals surface area contributed by atoms with Gasteiger partial charge in [0.2, 0.25) is 5.91 Å². The van der Waals surface area contributed by atoms with Crippen molar-refractivity contribution in [3.8, 4) is 0 Å². The second-order valence-electron chi connectivity index (χ2n) is 6.83. The van der Waals surface area contributed by atoms with Gasteiger partial charge in [-0.3, -0.25) is 13.8 Å². The van der Waals surface area contributed by atoms with Crippen molar-refractivity contribution < 1.29 is 23.7 Å². The number of imide groups is 1. The molecular weight excluding hydrogens is 422 g/mol. The molecule has 30 heavy (non-hydrogen) atoms. The van der Waals surface area contributed by atoms with Gasteiger partial charge in [-0.1, -0.05) is 36.4 Å². The van der Waals surface area contributed by atoms with Crippen molar-refractivity contribution in [3.63, 3.8) is 0 Å². The largest absolute Gasteiger partial charge is 0.477 e. The third kappa shape index (κ3) is 3.48. The lowest BCUT2D eigenvalue weighted by atomic mass is 10.0. The molecule has 2 unspecified atom stereocenters. The molecule has 6 nitrogen and oxygen atoms in total. The van der Waals surface area contributed by atoms with Crippen LogP contribution >= 0.6 is 11.3 Å². The van der Waals surface area contributed by atoms with Gasteiger partial charge in [0.15, 0.2) is 0 Å². The first-order chi connectivity index (χ1) is 14.4. The molecule has 4 rings (SSSR count). The summed E-state index contributed by atoms with van der Waals surface area (Å²) < 4.78 is 13.1. The maximum Gasteiger partial charge on any atom is 0.346 e. The van der Waals surface area contributed by atoms with E-state index in [4.69, 9.17) is 0 Å². The van der Waals surface area contributed by atoms with Gasteiger partial charge in [-0.15, -0.1) is 11.3 Å². The molecule has 152 valence electrons. The first-order valence-corrected chi connectivity index (χ1v) is 11.2. The minimum absolute atomic E-state index is 0.0521. The van der Waals surface area contributed by atoms with Crippen LogP contribution in [0.1, 0.15) is 43.3 Å². The molecule has 0 aliphatic carbocycles. The standard InChI is InChI=1S/C22H17NO5S2/c1-13(14-6-3-2-4-7-14)30(28)17-9-5-8-16(11-17)23-18(24)10-15-12-29-20(22(26)27)19(15)21(23)25/h2-9,11-13H,10H2,1H3,(H,26,27). The van der Waals surface area contributed by atoms with E-state index in [1.54, 1.807) is 29.6 Å². The van der Waals surface area contributed by atoms with Crippen molar-refractivity contribution >= 4 is 45.6 Å². The Morgan fingerprint density at radius 3 is 2.57 bits per heavy atom. The molecule has 2 atom stereocenters. The van der Waals surface area contributed by atoms with E-state index in [0.717, 1.165) is 21.8 Å². The normalized spacial score (nSPS) is 15.6. The van der Waals surface area contributed by atoms with E-state index < -0.39 is 28.6 Å². The number of amides is 2. The summed E-state index contributed by atoms with van der Waals surface area (Å²) in [6, 6.07) is 15.9. The smallest absolute Gasteiger partial charge is 0.346 e. The van der Waals surface area contributed by atoms with Gasteiger partial charge < -0.3 is 5.11 Å². The first-order valence-electron chi connectivity index (χ1n) is 9.15. The number of carboxylic acids is 1. The number of hydrogen-bond donors (Lipinski definition) is 1. The molecule has 8 heteroatoms. The maximum atomic E-state index is 13.1. The number of anilines is 1. The van der Waals surface area contributed by atoms with Crippen molar-refractivity contribution in [2.45, 2.75) is 23.5 Å². The maximum absolute atomic E-state index is 13.1. The summed E-state index contributed by atoms with van der Waals surface area (Å²) in [4.78, 5) is 38.6. The van der Waals surface area contributed by atoms with E-state index >= 15 is 0 Å². The summed E-state index contributed by atoms with van der Waals surface area (Å²) in [5, 5.41) is 10.6. The third-order valence-electron chi connectivity index (χ3n) is 4.97. The van der Waals surface area contributed by atoms with Crippen LogP contribution in [0.2, 0.25) is 0 Å². The van der Waals surface area contributed by atoms with Crippen LogP contribution < -0.4 is 4.90 Å². The van der Waals surface area contributed by atoms with Crippen LogP contribution in [0.5, 0.6) is 0 Å². The molecule has 0 saturated carbocycles. The summed E-state index contributed by atoms with van der Waals surface area (Å²) in [5.74, 6) is -2.31. The molecule has 2 amide bonds. The molecule has 1 aliphatic heterocycles.